The number of allylic oxidation sites excluding steroid dienone is 2. The summed E-state index contributed by atoms with van der Waals surface area (Å²) in [5.74, 6) is 0.342. The average Bonchev–Trinajstić information content (AvgIpc) is 2.95. The molecule has 0 aliphatic heterocycles. The van der Waals surface area contributed by atoms with E-state index in [-0.39, 0.29) is 23.3 Å². The van der Waals surface area contributed by atoms with Crippen molar-refractivity contribution in [1.82, 2.24) is 0 Å². The summed E-state index contributed by atoms with van der Waals surface area (Å²) >= 11 is 6.58. The minimum atomic E-state index is -0.392. The zero-order valence-corrected chi connectivity index (χ0v) is 17.7. The summed E-state index contributed by atoms with van der Waals surface area (Å²) in [4.78, 5) is 0. The number of rotatable bonds is 11. The van der Waals surface area contributed by atoms with Crippen LogP contribution in [-0.4, -0.2) is 21.7 Å². The van der Waals surface area contributed by atoms with Gasteiger partial charge in [-0.2, -0.15) is 0 Å². The summed E-state index contributed by atoms with van der Waals surface area (Å²) in [5, 5.41) is 21.0. The number of benzene rings is 1. The monoisotopic (exact) mass is 392 g/mol. The number of aliphatic hydroxyl groups excluding tert-OH is 2. The number of halogens is 1. The molecule has 152 valence electrons. The Morgan fingerprint density at radius 3 is 2.44 bits per heavy atom. The van der Waals surface area contributed by atoms with E-state index >= 15 is 0 Å². The molecule has 1 unspecified atom stereocenters. The average molecular weight is 393 g/mol. The van der Waals surface area contributed by atoms with Gasteiger partial charge in [0.15, 0.2) is 0 Å². The molecule has 0 saturated heterocycles. The normalized spacial score (nSPS) is 26.7. The van der Waals surface area contributed by atoms with Crippen LogP contribution >= 0.6 is 11.6 Å². The van der Waals surface area contributed by atoms with Crippen LogP contribution in [0.25, 0.3) is 0 Å². The van der Waals surface area contributed by atoms with E-state index in [4.69, 9.17) is 11.6 Å². The van der Waals surface area contributed by atoms with Crippen LogP contribution in [0, 0.1) is 5.92 Å². The maximum Gasteiger partial charge on any atom is 0.0790 e. The second kappa shape index (κ2) is 11.9. The van der Waals surface area contributed by atoms with Crippen LogP contribution in [0.15, 0.2) is 36.4 Å². The second-order valence-electron chi connectivity index (χ2n) is 8.04. The third-order valence-electron chi connectivity index (χ3n) is 5.89. The fourth-order valence-electron chi connectivity index (χ4n) is 4.21. The van der Waals surface area contributed by atoms with Gasteiger partial charge in [-0.05, 0) is 42.7 Å². The van der Waals surface area contributed by atoms with E-state index in [9.17, 15) is 10.2 Å². The fraction of sp³-hybridized carbons (Fsp3) is 0.667. The zero-order chi connectivity index (χ0) is 19.6. The molecule has 3 heteroatoms. The van der Waals surface area contributed by atoms with Gasteiger partial charge in [0.1, 0.15) is 0 Å². The maximum absolute atomic E-state index is 10.6. The molecule has 2 nitrogen and oxygen atoms in total. The van der Waals surface area contributed by atoms with E-state index in [0.29, 0.717) is 6.42 Å². The summed E-state index contributed by atoms with van der Waals surface area (Å²) in [7, 11) is 0. The third-order valence-corrected chi connectivity index (χ3v) is 6.40. The first-order chi connectivity index (χ1) is 13.1. The summed E-state index contributed by atoms with van der Waals surface area (Å²) in [6.07, 6.45) is 13.0. The van der Waals surface area contributed by atoms with Crippen molar-refractivity contribution in [3.05, 3.63) is 47.5 Å². The molecule has 1 aromatic carbocycles. The van der Waals surface area contributed by atoms with Crippen molar-refractivity contribution in [2.24, 2.45) is 5.92 Å². The van der Waals surface area contributed by atoms with Crippen molar-refractivity contribution >= 4 is 11.6 Å². The van der Waals surface area contributed by atoms with E-state index in [1.807, 2.05) is 12.1 Å². The van der Waals surface area contributed by atoms with Gasteiger partial charge < -0.3 is 10.2 Å². The van der Waals surface area contributed by atoms with Crippen LogP contribution in [0.1, 0.15) is 94.8 Å². The molecule has 0 spiro atoms. The molecule has 1 saturated carbocycles. The van der Waals surface area contributed by atoms with Gasteiger partial charge in [-0.1, -0.05) is 82.4 Å². The quantitative estimate of drug-likeness (QED) is 0.256. The van der Waals surface area contributed by atoms with Crippen LogP contribution in [0.4, 0.5) is 0 Å². The fourth-order valence-corrected chi connectivity index (χ4v) is 4.66. The highest BCUT2D eigenvalue weighted by atomic mass is 35.5. The molecule has 1 fully saturated rings. The highest BCUT2D eigenvalue weighted by molar-refractivity contribution is 6.21. The number of hydrogen-bond donors (Lipinski definition) is 2. The lowest BCUT2D eigenvalue weighted by Crippen LogP contribution is -2.18. The highest BCUT2D eigenvalue weighted by Gasteiger charge is 2.41. The highest BCUT2D eigenvalue weighted by Crippen LogP contribution is 2.45. The van der Waals surface area contributed by atoms with Crippen LogP contribution in [0.5, 0.6) is 0 Å². The predicted molar refractivity (Wildman–Crippen MR) is 115 cm³/mol. The zero-order valence-electron chi connectivity index (χ0n) is 17.0. The summed E-state index contributed by atoms with van der Waals surface area (Å²) in [6.45, 7) is 4.38. The van der Waals surface area contributed by atoms with Gasteiger partial charge in [-0.15, -0.1) is 11.6 Å². The smallest absolute Gasteiger partial charge is 0.0790 e. The minimum Gasteiger partial charge on any atom is -0.392 e. The molecular formula is C24H37ClO2. The Kier molecular flexibility index (Phi) is 9.89. The first-order valence-electron chi connectivity index (χ1n) is 10.8. The Hall–Kier alpha value is -0.830. The molecule has 27 heavy (non-hydrogen) atoms. The van der Waals surface area contributed by atoms with Gasteiger partial charge in [0.05, 0.1) is 12.2 Å². The van der Waals surface area contributed by atoms with Crippen LogP contribution < -0.4 is 0 Å². The van der Waals surface area contributed by atoms with E-state index < -0.39 is 6.10 Å². The van der Waals surface area contributed by atoms with E-state index in [2.05, 4.69) is 38.1 Å². The molecule has 1 aliphatic rings. The molecule has 1 aromatic rings. The van der Waals surface area contributed by atoms with E-state index in [1.54, 1.807) is 0 Å². The van der Waals surface area contributed by atoms with Gasteiger partial charge in [0.2, 0.25) is 0 Å². The Morgan fingerprint density at radius 2 is 1.78 bits per heavy atom. The molecule has 0 radical (unpaired) electrons. The number of aliphatic hydroxyl groups is 2. The number of alkyl halides is 1. The SMILES string of the molecule is CCCC/C=C\C[C@@H]1[C@@H](c2ccc(C(O)CCCCC)cc2)[C@H](O)C[C@@H]1Cl. The topological polar surface area (TPSA) is 40.5 Å². The molecule has 0 aromatic heterocycles. The van der Waals surface area contributed by atoms with Crippen molar-refractivity contribution in [2.45, 2.75) is 95.1 Å². The molecule has 5 atom stereocenters. The molecule has 1 aliphatic carbocycles. The standard InChI is InChI=1S/C24H37ClO2/c1-3-5-7-8-10-11-20-21(25)17-23(27)24(20)19-15-13-18(14-16-19)22(26)12-9-6-4-2/h8,10,13-16,20-24,26-27H,3-7,9,11-12,17H2,1-2H3/b10-8-/t20-,21-,22?,23+,24+/m0/s1. The minimum absolute atomic E-state index is 0.0140. The number of hydrogen-bond acceptors (Lipinski definition) is 2. The van der Waals surface area contributed by atoms with Crippen LogP contribution in [-0.2, 0) is 0 Å². The lowest BCUT2D eigenvalue weighted by molar-refractivity contribution is 0.154. The maximum atomic E-state index is 10.6. The van der Waals surface area contributed by atoms with Crippen molar-refractivity contribution < 1.29 is 10.2 Å². The Balaban J connectivity index is 2.01. The van der Waals surface area contributed by atoms with E-state index in [1.165, 1.54) is 19.3 Å². The van der Waals surface area contributed by atoms with Crippen molar-refractivity contribution in [3.63, 3.8) is 0 Å². The second-order valence-corrected chi connectivity index (χ2v) is 8.60. The van der Waals surface area contributed by atoms with Crippen molar-refractivity contribution in [2.75, 3.05) is 0 Å². The summed E-state index contributed by atoms with van der Waals surface area (Å²) in [5.41, 5.74) is 2.11. The van der Waals surface area contributed by atoms with Crippen LogP contribution in [0.2, 0.25) is 0 Å². The number of unbranched alkanes of at least 4 members (excludes halogenated alkanes) is 4. The predicted octanol–water partition coefficient (Wildman–Crippen LogP) is 6.51. The Morgan fingerprint density at radius 1 is 1.07 bits per heavy atom. The van der Waals surface area contributed by atoms with Crippen molar-refractivity contribution in [3.8, 4) is 0 Å². The molecule has 2 rings (SSSR count). The van der Waals surface area contributed by atoms with Gasteiger partial charge >= 0.3 is 0 Å². The summed E-state index contributed by atoms with van der Waals surface area (Å²) in [6, 6.07) is 8.20. The Labute approximate surface area is 170 Å². The first kappa shape index (κ1) is 22.5. The lowest BCUT2D eigenvalue weighted by atomic mass is 9.84. The van der Waals surface area contributed by atoms with E-state index in [0.717, 1.165) is 43.2 Å². The third kappa shape index (κ3) is 6.62. The van der Waals surface area contributed by atoms with Gasteiger partial charge in [0, 0.05) is 11.3 Å². The molecular weight excluding hydrogens is 356 g/mol. The lowest BCUT2D eigenvalue weighted by Gasteiger charge is -2.23. The molecule has 0 heterocycles. The van der Waals surface area contributed by atoms with Gasteiger partial charge in [0.25, 0.3) is 0 Å². The largest absolute Gasteiger partial charge is 0.392 e. The van der Waals surface area contributed by atoms with Gasteiger partial charge in [-0.25, -0.2) is 0 Å². The van der Waals surface area contributed by atoms with Crippen LogP contribution in [0.3, 0.4) is 0 Å². The molecule has 0 bridgehead atoms. The first-order valence-corrected chi connectivity index (χ1v) is 11.3. The molecule has 0 amide bonds. The van der Waals surface area contributed by atoms with Crippen molar-refractivity contribution in [1.29, 1.82) is 0 Å². The Bertz CT molecular complexity index is 554. The summed E-state index contributed by atoms with van der Waals surface area (Å²) < 4.78 is 0. The molecule has 2 N–H and O–H groups in total. The van der Waals surface area contributed by atoms with Gasteiger partial charge in [-0.3, -0.25) is 0 Å².